The van der Waals surface area contributed by atoms with Crippen LogP contribution in [-0.2, 0) is 0 Å². The maximum absolute atomic E-state index is 10.8. The van der Waals surface area contributed by atoms with Gasteiger partial charge in [0.15, 0.2) is 5.69 Å². The lowest BCUT2D eigenvalue weighted by molar-refractivity contribution is 0.0690. The molecule has 2 rings (SSSR count). The first-order chi connectivity index (χ1) is 7.99. The van der Waals surface area contributed by atoms with Crippen molar-refractivity contribution in [1.29, 1.82) is 0 Å². The number of carboxylic acid groups (broad SMARTS) is 1. The smallest absolute Gasteiger partial charge is 0.356 e. The summed E-state index contributed by atoms with van der Waals surface area (Å²) in [4.78, 5) is 10.8. The minimum atomic E-state index is -1.10. The third-order valence-corrected chi connectivity index (χ3v) is 2.92. The number of hydrogen-bond acceptors (Lipinski definition) is 3. The molecule has 0 unspecified atom stereocenters. The summed E-state index contributed by atoms with van der Waals surface area (Å²) in [5, 5.41) is 12.8. The first kappa shape index (κ1) is 11.7. The zero-order valence-corrected chi connectivity index (χ0v) is 10.6. The Morgan fingerprint density at radius 3 is 2.71 bits per heavy atom. The molecule has 1 heterocycles. The van der Waals surface area contributed by atoms with E-state index in [0.29, 0.717) is 5.69 Å². The Morgan fingerprint density at radius 2 is 2.18 bits per heavy atom. The molecule has 0 bridgehead atoms. The molecule has 2 aromatic rings. The van der Waals surface area contributed by atoms with Crippen LogP contribution in [0.5, 0.6) is 0 Å². The maximum atomic E-state index is 10.8. The summed E-state index contributed by atoms with van der Waals surface area (Å²) in [7, 11) is 0. The molecule has 3 N–H and O–H groups in total. The van der Waals surface area contributed by atoms with Gasteiger partial charge in [-0.1, -0.05) is 6.07 Å². The Morgan fingerprint density at radius 1 is 1.47 bits per heavy atom. The van der Waals surface area contributed by atoms with E-state index in [2.05, 4.69) is 21.0 Å². The van der Waals surface area contributed by atoms with Crippen LogP contribution in [0.2, 0.25) is 0 Å². The van der Waals surface area contributed by atoms with Crippen LogP contribution in [0.15, 0.2) is 28.7 Å². The molecule has 0 spiro atoms. The highest BCUT2D eigenvalue weighted by Gasteiger charge is 2.13. The van der Waals surface area contributed by atoms with Gasteiger partial charge in [-0.2, -0.15) is 5.10 Å². The summed E-state index contributed by atoms with van der Waals surface area (Å²) in [6, 6.07) is 6.97. The Balaban J connectivity index is 2.56. The fourth-order valence-corrected chi connectivity index (χ4v) is 2.14. The van der Waals surface area contributed by atoms with Crippen LogP contribution in [0, 0.1) is 6.92 Å². The molecule has 17 heavy (non-hydrogen) atoms. The van der Waals surface area contributed by atoms with Crippen molar-refractivity contribution in [3.05, 3.63) is 40.0 Å². The number of hydrogen-bond donors (Lipinski definition) is 2. The number of carbonyl (C=O) groups is 1. The molecule has 0 amide bonds. The van der Waals surface area contributed by atoms with Gasteiger partial charge in [-0.25, -0.2) is 9.48 Å². The van der Waals surface area contributed by atoms with Gasteiger partial charge in [0, 0.05) is 10.5 Å². The van der Waals surface area contributed by atoms with Crippen molar-refractivity contribution in [3.63, 3.8) is 0 Å². The molecule has 1 aromatic carbocycles. The van der Waals surface area contributed by atoms with Crippen molar-refractivity contribution < 1.29 is 9.90 Å². The van der Waals surface area contributed by atoms with E-state index in [0.717, 1.165) is 10.0 Å². The van der Waals surface area contributed by atoms with Crippen molar-refractivity contribution >= 4 is 27.7 Å². The number of aromatic nitrogens is 2. The van der Waals surface area contributed by atoms with Gasteiger partial charge in [0.25, 0.3) is 0 Å². The van der Waals surface area contributed by atoms with E-state index in [9.17, 15) is 4.79 Å². The SMILES string of the molecule is Cc1ccc(-n2nc(C(=O)O)cc2N)c(Br)c1. The van der Waals surface area contributed by atoms with Gasteiger partial charge in [0.2, 0.25) is 0 Å². The zero-order valence-electron chi connectivity index (χ0n) is 9.01. The number of nitrogen functional groups attached to an aromatic ring is 1. The van der Waals surface area contributed by atoms with Crippen LogP contribution in [0.1, 0.15) is 16.1 Å². The fraction of sp³-hybridized carbons (Fsp3) is 0.0909. The van der Waals surface area contributed by atoms with E-state index in [1.807, 2.05) is 25.1 Å². The molecule has 0 fully saturated rings. The van der Waals surface area contributed by atoms with Crippen molar-refractivity contribution in [2.75, 3.05) is 5.73 Å². The normalized spacial score (nSPS) is 10.5. The van der Waals surface area contributed by atoms with Crippen molar-refractivity contribution in [2.45, 2.75) is 6.92 Å². The standard InChI is InChI=1S/C11H10BrN3O2/c1-6-2-3-9(7(12)4-6)15-10(13)5-8(14-15)11(16)17/h2-5H,13H2,1H3,(H,16,17). The van der Waals surface area contributed by atoms with Crippen LogP contribution >= 0.6 is 15.9 Å². The van der Waals surface area contributed by atoms with E-state index < -0.39 is 5.97 Å². The second-order valence-electron chi connectivity index (χ2n) is 3.63. The summed E-state index contributed by atoms with van der Waals surface area (Å²) in [6.07, 6.45) is 0. The summed E-state index contributed by atoms with van der Waals surface area (Å²) in [5.41, 5.74) is 7.46. The van der Waals surface area contributed by atoms with Gasteiger partial charge in [0.05, 0.1) is 5.69 Å². The molecule has 0 aliphatic rings. The first-order valence-corrected chi connectivity index (χ1v) is 5.63. The number of carboxylic acids is 1. The Bertz CT molecular complexity index is 592. The Labute approximate surface area is 106 Å². The predicted octanol–water partition coefficient (Wildman–Crippen LogP) is 2.22. The largest absolute Gasteiger partial charge is 0.476 e. The third kappa shape index (κ3) is 2.16. The van der Waals surface area contributed by atoms with E-state index in [1.54, 1.807) is 0 Å². The average Bonchev–Trinajstić information content (AvgIpc) is 2.61. The second kappa shape index (κ2) is 4.21. The van der Waals surface area contributed by atoms with Crippen LogP contribution in [0.3, 0.4) is 0 Å². The number of benzene rings is 1. The van der Waals surface area contributed by atoms with Gasteiger partial charge in [-0.15, -0.1) is 0 Å². The Hall–Kier alpha value is -1.82. The van der Waals surface area contributed by atoms with Crippen LogP contribution < -0.4 is 5.73 Å². The molecule has 1 aromatic heterocycles. The van der Waals surface area contributed by atoms with Crippen molar-refractivity contribution in [1.82, 2.24) is 9.78 Å². The monoisotopic (exact) mass is 295 g/mol. The summed E-state index contributed by atoms with van der Waals surface area (Å²) in [6.45, 7) is 1.96. The molecule has 0 radical (unpaired) electrons. The molecule has 5 nitrogen and oxygen atoms in total. The highest BCUT2D eigenvalue weighted by atomic mass is 79.9. The van der Waals surface area contributed by atoms with Gasteiger partial charge in [-0.3, -0.25) is 0 Å². The topological polar surface area (TPSA) is 81.1 Å². The molecule has 0 saturated carbocycles. The van der Waals surface area contributed by atoms with E-state index >= 15 is 0 Å². The van der Waals surface area contributed by atoms with Crippen molar-refractivity contribution in [3.8, 4) is 5.69 Å². The number of nitrogens with zero attached hydrogens (tertiary/aromatic N) is 2. The quantitative estimate of drug-likeness (QED) is 0.890. The third-order valence-electron chi connectivity index (χ3n) is 2.29. The number of aryl methyl sites for hydroxylation is 1. The molecule has 6 heteroatoms. The number of rotatable bonds is 2. The lowest BCUT2D eigenvalue weighted by Crippen LogP contribution is -2.04. The number of nitrogens with two attached hydrogens (primary N) is 1. The van der Waals surface area contributed by atoms with Crippen LogP contribution in [0.25, 0.3) is 5.69 Å². The van der Waals surface area contributed by atoms with Crippen LogP contribution in [0.4, 0.5) is 5.82 Å². The highest BCUT2D eigenvalue weighted by molar-refractivity contribution is 9.10. The van der Waals surface area contributed by atoms with Gasteiger partial charge >= 0.3 is 5.97 Å². The lowest BCUT2D eigenvalue weighted by atomic mass is 10.2. The van der Waals surface area contributed by atoms with Gasteiger partial charge < -0.3 is 10.8 Å². The summed E-state index contributed by atoms with van der Waals surface area (Å²) in [5.74, 6) is -0.814. The first-order valence-electron chi connectivity index (χ1n) is 4.84. The van der Waals surface area contributed by atoms with Gasteiger partial charge in [-0.05, 0) is 40.5 Å². The molecule has 0 aliphatic carbocycles. The van der Waals surface area contributed by atoms with Crippen LogP contribution in [-0.4, -0.2) is 20.9 Å². The van der Waals surface area contributed by atoms with E-state index in [1.165, 1.54) is 10.7 Å². The predicted molar refractivity (Wildman–Crippen MR) is 67.4 cm³/mol. The second-order valence-corrected chi connectivity index (χ2v) is 4.48. The lowest BCUT2D eigenvalue weighted by Gasteiger charge is -2.07. The van der Waals surface area contributed by atoms with E-state index in [4.69, 9.17) is 10.8 Å². The van der Waals surface area contributed by atoms with Crippen molar-refractivity contribution in [2.24, 2.45) is 0 Å². The molecular weight excluding hydrogens is 286 g/mol. The van der Waals surface area contributed by atoms with E-state index in [-0.39, 0.29) is 11.5 Å². The molecule has 0 aliphatic heterocycles. The number of halogens is 1. The maximum Gasteiger partial charge on any atom is 0.356 e. The zero-order chi connectivity index (χ0) is 12.6. The fourth-order valence-electron chi connectivity index (χ4n) is 1.48. The van der Waals surface area contributed by atoms with Gasteiger partial charge in [0.1, 0.15) is 5.82 Å². The number of aromatic carboxylic acids is 1. The Kier molecular flexibility index (Phi) is 2.89. The molecule has 0 saturated heterocycles. The summed E-state index contributed by atoms with van der Waals surface area (Å²) >= 11 is 3.40. The minimum Gasteiger partial charge on any atom is -0.476 e. The molecule has 0 atom stereocenters. The highest BCUT2D eigenvalue weighted by Crippen LogP contribution is 2.24. The summed E-state index contributed by atoms with van der Waals surface area (Å²) < 4.78 is 2.21. The molecular formula is C11H10BrN3O2. The average molecular weight is 296 g/mol. The minimum absolute atomic E-state index is 0.0741. The molecule has 88 valence electrons. The number of anilines is 1.